The van der Waals surface area contributed by atoms with E-state index in [-0.39, 0.29) is 5.78 Å². The lowest BCUT2D eigenvalue weighted by molar-refractivity contribution is 0.104. The van der Waals surface area contributed by atoms with E-state index in [1.165, 1.54) is 25.7 Å². The van der Waals surface area contributed by atoms with Crippen LogP contribution in [0.5, 0.6) is 17.2 Å². The lowest BCUT2D eigenvalue weighted by atomic mass is 9.97. The molecule has 0 unspecified atom stereocenters. The van der Waals surface area contributed by atoms with Crippen LogP contribution in [-0.2, 0) is 0 Å². The third-order valence-corrected chi connectivity index (χ3v) is 7.90. The number of hydrogen-bond donors (Lipinski definition) is 0. The third kappa shape index (κ3) is 6.29. The summed E-state index contributed by atoms with van der Waals surface area (Å²) in [6.45, 7) is 0.695. The zero-order chi connectivity index (χ0) is 25.3. The van der Waals surface area contributed by atoms with Crippen molar-refractivity contribution in [3.63, 3.8) is 0 Å². The largest absolute Gasteiger partial charge is 0.497 e. The molecule has 4 nitrogen and oxygen atoms in total. The van der Waals surface area contributed by atoms with Crippen LogP contribution in [0.3, 0.4) is 0 Å². The summed E-state index contributed by atoms with van der Waals surface area (Å²) in [5.41, 5.74) is 2.33. The number of fused-ring (bicyclic) bond motifs is 1. The Bertz CT molecular complexity index is 1280. The average Bonchev–Trinajstić information content (AvgIpc) is 3.31. The van der Waals surface area contributed by atoms with Gasteiger partial charge in [-0.25, -0.2) is 0 Å². The van der Waals surface area contributed by atoms with Crippen molar-refractivity contribution in [1.82, 2.24) is 0 Å². The van der Waals surface area contributed by atoms with Crippen molar-refractivity contribution in [3.8, 4) is 27.7 Å². The normalized spacial score (nSPS) is 11.0. The van der Waals surface area contributed by atoms with E-state index in [9.17, 15) is 4.79 Å². The molecule has 0 amide bonds. The lowest BCUT2D eigenvalue weighted by Gasteiger charge is -2.09. The van der Waals surface area contributed by atoms with Crippen LogP contribution >= 0.6 is 27.3 Å². The Hall–Kier alpha value is -2.83. The number of ketones is 1. The van der Waals surface area contributed by atoms with Gasteiger partial charge in [0.05, 0.1) is 20.8 Å². The molecule has 0 saturated heterocycles. The fraction of sp³-hybridized carbons (Fsp3) is 0.300. The smallest absolute Gasteiger partial charge is 0.195 e. The molecule has 0 aliphatic rings. The second-order valence-corrected chi connectivity index (χ2v) is 10.4. The monoisotopic (exact) mass is 566 g/mol. The second-order valence-electron chi connectivity index (χ2n) is 8.56. The number of halogens is 1. The molecule has 0 atom stereocenters. The minimum atomic E-state index is -0.00410. The highest BCUT2D eigenvalue weighted by atomic mass is 79.9. The van der Waals surface area contributed by atoms with Gasteiger partial charge in [-0.15, -0.1) is 11.3 Å². The van der Waals surface area contributed by atoms with E-state index in [0.29, 0.717) is 17.7 Å². The van der Waals surface area contributed by atoms with Gasteiger partial charge in [0.1, 0.15) is 17.2 Å². The maximum Gasteiger partial charge on any atom is 0.195 e. The molecule has 3 aromatic carbocycles. The SMILES string of the molecule is COc1ccc(-c2sc3cc(OC)ccc3c2C(=O)c2ccc(OCCCCCCCBr)cc2)cc1. The summed E-state index contributed by atoms with van der Waals surface area (Å²) in [7, 11) is 3.30. The molecule has 0 aliphatic heterocycles. The quantitative estimate of drug-likeness (QED) is 0.0923. The fourth-order valence-corrected chi connectivity index (χ4v) is 5.77. The molecule has 4 rings (SSSR count). The van der Waals surface area contributed by atoms with Crippen molar-refractivity contribution >= 4 is 43.1 Å². The van der Waals surface area contributed by atoms with Crippen LogP contribution in [0.25, 0.3) is 20.5 Å². The van der Waals surface area contributed by atoms with Gasteiger partial charge in [-0.3, -0.25) is 4.79 Å². The van der Waals surface area contributed by atoms with Crippen LogP contribution in [0.15, 0.2) is 66.7 Å². The van der Waals surface area contributed by atoms with E-state index in [2.05, 4.69) is 15.9 Å². The van der Waals surface area contributed by atoms with Gasteiger partial charge in [0.15, 0.2) is 5.78 Å². The number of methoxy groups -OCH3 is 2. The van der Waals surface area contributed by atoms with E-state index in [0.717, 1.165) is 49.5 Å². The molecular formula is C30H31BrO4S. The molecule has 6 heteroatoms. The maximum absolute atomic E-state index is 13.8. The van der Waals surface area contributed by atoms with Gasteiger partial charge < -0.3 is 14.2 Å². The fourth-order valence-electron chi connectivity index (χ4n) is 4.14. The number of hydrogen-bond acceptors (Lipinski definition) is 5. The number of rotatable bonds is 13. The summed E-state index contributed by atoms with van der Waals surface area (Å²) < 4.78 is 17.7. The van der Waals surface area contributed by atoms with Crippen molar-refractivity contribution in [3.05, 3.63) is 77.9 Å². The van der Waals surface area contributed by atoms with Crippen molar-refractivity contribution in [2.24, 2.45) is 0 Å². The maximum atomic E-state index is 13.8. The van der Waals surface area contributed by atoms with Crippen molar-refractivity contribution in [2.75, 3.05) is 26.2 Å². The molecule has 1 heterocycles. The number of alkyl halides is 1. The Morgan fingerprint density at radius 1 is 0.778 bits per heavy atom. The van der Waals surface area contributed by atoms with Crippen LogP contribution in [0.4, 0.5) is 0 Å². The summed E-state index contributed by atoms with van der Waals surface area (Å²) in [5, 5.41) is 2.00. The van der Waals surface area contributed by atoms with Gasteiger partial charge >= 0.3 is 0 Å². The standard InChI is InChI=1S/C30H31BrO4S/c1-33-23-12-10-22(11-13-23)30-28(26-17-16-25(34-2)20-27(26)36-30)29(32)21-8-14-24(15-9-21)35-19-7-5-3-4-6-18-31/h8-17,20H,3-7,18-19H2,1-2H3. The summed E-state index contributed by atoms with van der Waals surface area (Å²) in [6.07, 6.45) is 5.93. The first-order valence-corrected chi connectivity index (χ1v) is 14.2. The Morgan fingerprint density at radius 3 is 2.11 bits per heavy atom. The second kappa shape index (κ2) is 12.9. The first kappa shape index (κ1) is 26.2. The third-order valence-electron chi connectivity index (χ3n) is 6.14. The van der Waals surface area contributed by atoms with E-state index in [1.54, 1.807) is 25.6 Å². The van der Waals surface area contributed by atoms with Gasteiger partial charge in [-0.2, -0.15) is 0 Å². The molecule has 0 aliphatic carbocycles. The van der Waals surface area contributed by atoms with Crippen LogP contribution in [0, 0.1) is 0 Å². The predicted molar refractivity (Wildman–Crippen MR) is 153 cm³/mol. The molecule has 0 spiro atoms. The summed E-state index contributed by atoms with van der Waals surface area (Å²) >= 11 is 5.07. The van der Waals surface area contributed by atoms with E-state index >= 15 is 0 Å². The number of ether oxygens (including phenoxy) is 3. The van der Waals surface area contributed by atoms with Crippen LogP contribution in [0.2, 0.25) is 0 Å². The van der Waals surface area contributed by atoms with E-state index < -0.39 is 0 Å². The molecule has 0 bridgehead atoms. The molecule has 1 aromatic heterocycles. The topological polar surface area (TPSA) is 44.8 Å². The van der Waals surface area contributed by atoms with E-state index in [4.69, 9.17) is 14.2 Å². The van der Waals surface area contributed by atoms with Gasteiger partial charge in [0.2, 0.25) is 0 Å². The first-order valence-electron chi connectivity index (χ1n) is 12.2. The Balaban J connectivity index is 1.55. The zero-order valence-corrected chi connectivity index (χ0v) is 23.1. The van der Waals surface area contributed by atoms with Gasteiger partial charge in [-0.1, -0.05) is 35.2 Å². The van der Waals surface area contributed by atoms with Crippen molar-refractivity contribution < 1.29 is 19.0 Å². The highest BCUT2D eigenvalue weighted by Crippen LogP contribution is 2.41. The van der Waals surface area contributed by atoms with Gasteiger partial charge in [0.25, 0.3) is 0 Å². The lowest BCUT2D eigenvalue weighted by Crippen LogP contribution is -2.03. The predicted octanol–water partition coefficient (Wildman–Crippen LogP) is 8.54. The molecule has 0 saturated carbocycles. The molecular weight excluding hydrogens is 536 g/mol. The Labute approximate surface area is 225 Å². The molecule has 0 N–H and O–H groups in total. The van der Waals surface area contributed by atoms with Crippen LogP contribution in [0.1, 0.15) is 48.0 Å². The minimum Gasteiger partial charge on any atom is -0.497 e. The first-order chi connectivity index (χ1) is 17.6. The van der Waals surface area contributed by atoms with Crippen LogP contribution in [-0.4, -0.2) is 31.9 Å². The Kier molecular flexibility index (Phi) is 9.42. The number of unbranched alkanes of at least 4 members (excludes halogenated alkanes) is 4. The molecule has 0 fully saturated rings. The summed E-state index contributed by atoms with van der Waals surface area (Å²) in [6, 6.07) is 21.2. The minimum absolute atomic E-state index is 0.00410. The Morgan fingerprint density at radius 2 is 1.42 bits per heavy atom. The highest BCUT2D eigenvalue weighted by Gasteiger charge is 2.22. The zero-order valence-electron chi connectivity index (χ0n) is 20.7. The number of carbonyl (C=O) groups is 1. The highest BCUT2D eigenvalue weighted by molar-refractivity contribution is 9.09. The molecule has 36 heavy (non-hydrogen) atoms. The van der Waals surface area contributed by atoms with Gasteiger partial charge in [0, 0.05) is 31.4 Å². The van der Waals surface area contributed by atoms with Crippen LogP contribution < -0.4 is 14.2 Å². The number of thiophene rings is 1. The number of carbonyl (C=O) groups excluding carboxylic acids is 1. The molecule has 0 radical (unpaired) electrons. The van der Waals surface area contributed by atoms with E-state index in [1.807, 2.05) is 66.7 Å². The van der Waals surface area contributed by atoms with Gasteiger partial charge in [-0.05, 0) is 85.1 Å². The summed E-state index contributed by atoms with van der Waals surface area (Å²) in [4.78, 5) is 14.7. The van der Waals surface area contributed by atoms with Crippen molar-refractivity contribution in [2.45, 2.75) is 32.1 Å². The number of benzene rings is 3. The average molecular weight is 568 g/mol. The molecule has 4 aromatic rings. The molecule has 188 valence electrons. The van der Waals surface area contributed by atoms with Crippen molar-refractivity contribution in [1.29, 1.82) is 0 Å². The summed E-state index contributed by atoms with van der Waals surface area (Å²) in [5.74, 6) is 2.34.